The largest absolute Gasteiger partial charge is 0.459 e. The summed E-state index contributed by atoms with van der Waals surface area (Å²) in [6, 6.07) is 24.8. The third-order valence-corrected chi connectivity index (χ3v) is 6.32. The Labute approximate surface area is 184 Å². The first-order valence-corrected chi connectivity index (χ1v) is 10.7. The van der Waals surface area contributed by atoms with E-state index in [1.807, 2.05) is 74.5 Å². The second-order valence-corrected chi connectivity index (χ2v) is 8.42. The van der Waals surface area contributed by atoms with Crippen LogP contribution in [0, 0.1) is 6.92 Å². The fourth-order valence-electron chi connectivity index (χ4n) is 3.49. The van der Waals surface area contributed by atoms with E-state index < -0.39 is 5.54 Å². The Morgan fingerprint density at radius 3 is 2.03 bits per heavy atom. The van der Waals surface area contributed by atoms with Crippen LogP contribution in [0.25, 0.3) is 0 Å². The Hall–Kier alpha value is -3.64. The molecule has 31 heavy (non-hydrogen) atoms. The number of benzene rings is 2. The van der Waals surface area contributed by atoms with Gasteiger partial charge in [0.1, 0.15) is 0 Å². The Morgan fingerprint density at radius 1 is 0.871 bits per heavy atom. The van der Waals surface area contributed by atoms with Crippen molar-refractivity contribution < 1.29 is 14.0 Å². The monoisotopic (exact) mass is 430 g/mol. The molecule has 2 N–H and O–H groups in total. The van der Waals surface area contributed by atoms with Crippen molar-refractivity contribution in [1.82, 2.24) is 5.32 Å². The molecule has 5 nitrogen and oxygen atoms in total. The number of nitrogens with one attached hydrogen (secondary N) is 2. The Morgan fingerprint density at radius 2 is 1.48 bits per heavy atom. The summed E-state index contributed by atoms with van der Waals surface area (Å²) in [6.07, 6.45) is 1.45. The van der Waals surface area contributed by atoms with Crippen molar-refractivity contribution in [3.8, 4) is 0 Å². The molecular weight excluding hydrogens is 408 g/mol. The lowest BCUT2D eigenvalue weighted by Crippen LogP contribution is -2.44. The number of hydrogen-bond donors (Lipinski definition) is 2. The highest BCUT2D eigenvalue weighted by Gasteiger charge is 2.32. The number of carbonyl (C=O) groups is 2. The Balaban J connectivity index is 1.61. The number of amides is 2. The molecule has 156 valence electrons. The van der Waals surface area contributed by atoms with Crippen molar-refractivity contribution >= 4 is 28.2 Å². The summed E-state index contributed by atoms with van der Waals surface area (Å²) in [7, 11) is 0. The smallest absolute Gasteiger partial charge is 0.291 e. The van der Waals surface area contributed by atoms with Gasteiger partial charge in [-0.05, 0) is 48.7 Å². The van der Waals surface area contributed by atoms with Crippen LogP contribution >= 0.6 is 11.3 Å². The molecule has 0 saturated heterocycles. The van der Waals surface area contributed by atoms with E-state index in [0.29, 0.717) is 9.88 Å². The number of rotatable bonds is 6. The van der Waals surface area contributed by atoms with Crippen molar-refractivity contribution in [2.24, 2.45) is 0 Å². The number of hydrogen-bond acceptors (Lipinski definition) is 4. The van der Waals surface area contributed by atoms with Gasteiger partial charge in [0.15, 0.2) is 5.76 Å². The van der Waals surface area contributed by atoms with Gasteiger partial charge in [0.25, 0.3) is 11.8 Å². The van der Waals surface area contributed by atoms with Gasteiger partial charge < -0.3 is 15.1 Å². The predicted molar refractivity (Wildman–Crippen MR) is 123 cm³/mol. The molecule has 4 rings (SSSR count). The van der Waals surface area contributed by atoms with Crippen molar-refractivity contribution in [3.63, 3.8) is 0 Å². The molecule has 0 aliphatic heterocycles. The number of anilines is 1. The molecule has 2 aromatic carbocycles. The normalized spacial score (nSPS) is 11.2. The number of thiophene rings is 1. The maximum atomic E-state index is 13.3. The molecular formula is C25H22N2O3S. The molecule has 0 radical (unpaired) electrons. The molecule has 0 unspecified atom stereocenters. The summed E-state index contributed by atoms with van der Waals surface area (Å²) in [4.78, 5) is 26.1. The van der Waals surface area contributed by atoms with E-state index in [1.165, 1.54) is 17.6 Å². The minimum absolute atomic E-state index is 0.198. The van der Waals surface area contributed by atoms with Gasteiger partial charge in [-0.3, -0.25) is 9.59 Å². The van der Waals surface area contributed by atoms with Crippen LogP contribution in [0.4, 0.5) is 5.00 Å². The zero-order valence-electron chi connectivity index (χ0n) is 17.2. The lowest BCUT2D eigenvalue weighted by molar-refractivity contribution is 0.0921. The highest BCUT2D eigenvalue weighted by atomic mass is 32.1. The topological polar surface area (TPSA) is 71.3 Å². The summed E-state index contributed by atoms with van der Waals surface area (Å²) in [5.41, 5.74) is 2.04. The van der Waals surface area contributed by atoms with E-state index in [4.69, 9.17) is 4.42 Å². The van der Waals surface area contributed by atoms with Crippen molar-refractivity contribution in [3.05, 3.63) is 112 Å². The third-order valence-electron chi connectivity index (χ3n) is 5.17. The summed E-state index contributed by atoms with van der Waals surface area (Å²) >= 11 is 1.24. The van der Waals surface area contributed by atoms with Crippen LogP contribution in [0.3, 0.4) is 0 Å². The molecule has 0 bridgehead atoms. The van der Waals surface area contributed by atoms with Gasteiger partial charge in [0, 0.05) is 0 Å². The van der Waals surface area contributed by atoms with Crippen LogP contribution in [0.15, 0.2) is 89.5 Å². The average Bonchev–Trinajstić information content (AvgIpc) is 3.45. The summed E-state index contributed by atoms with van der Waals surface area (Å²) in [5, 5.41) is 6.60. The van der Waals surface area contributed by atoms with E-state index >= 15 is 0 Å². The molecule has 0 saturated carbocycles. The fourth-order valence-corrected chi connectivity index (χ4v) is 4.45. The third kappa shape index (κ3) is 4.29. The van der Waals surface area contributed by atoms with E-state index in [-0.39, 0.29) is 17.6 Å². The van der Waals surface area contributed by atoms with E-state index in [1.54, 1.807) is 18.2 Å². The van der Waals surface area contributed by atoms with Gasteiger partial charge >= 0.3 is 0 Å². The lowest BCUT2D eigenvalue weighted by Gasteiger charge is -2.32. The van der Waals surface area contributed by atoms with Crippen molar-refractivity contribution in [1.29, 1.82) is 0 Å². The van der Waals surface area contributed by atoms with Gasteiger partial charge in [0.2, 0.25) is 0 Å². The molecule has 0 atom stereocenters. The van der Waals surface area contributed by atoms with Crippen molar-refractivity contribution in [2.75, 3.05) is 5.32 Å². The Bertz CT molecular complexity index is 1140. The van der Waals surface area contributed by atoms with Gasteiger partial charge in [-0.15, -0.1) is 11.3 Å². The van der Waals surface area contributed by atoms with E-state index in [0.717, 1.165) is 16.7 Å². The standard InChI is InChI=1S/C25H22N2O3S/c1-17-16-21(26-23(28)20-14-9-15-30-20)31-22(17)24(29)27-25(2,18-10-5-3-6-11-18)19-12-7-4-8-13-19/h3-16H,1-2H3,(H,26,28)(H,27,29). The quantitative estimate of drug-likeness (QED) is 0.419. The van der Waals surface area contributed by atoms with Crippen LogP contribution in [-0.4, -0.2) is 11.8 Å². The zero-order chi connectivity index (χ0) is 21.8. The van der Waals surface area contributed by atoms with E-state index in [9.17, 15) is 9.59 Å². The van der Waals surface area contributed by atoms with Crippen LogP contribution in [0.5, 0.6) is 0 Å². The van der Waals surface area contributed by atoms with Gasteiger partial charge in [-0.25, -0.2) is 0 Å². The van der Waals surface area contributed by atoms with E-state index in [2.05, 4.69) is 10.6 Å². The maximum Gasteiger partial charge on any atom is 0.291 e. The first kappa shape index (κ1) is 20.6. The minimum Gasteiger partial charge on any atom is -0.459 e. The molecule has 2 heterocycles. The molecule has 2 amide bonds. The molecule has 6 heteroatoms. The van der Waals surface area contributed by atoms with Crippen LogP contribution in [0.1, 0.15) is 43.8 Å². The van der Waals surface area contributed by atoms with Gasteiger partial charge in [-0.2, -0.15) is 0 Å². The summed E-state index contributed by atoms with van der Waals surface area (Å²) in [6.45, 7) is 3.86. The van der Waals surface area contributed by atoms with Crippen molar-refractivity contribution in [2.45, 2.75) is 19.4 Å². The van der Waals surface area contributed by atoms with Crippen LogP contribution in [0.2, 0.25) is 0 Å². The molecule has 0 spiro atoms. The summed E-state index contributed by atoms with van der Waals surface area (Å²) in [5.74, 6) is -0.328. The predicted octanol–water partition coefficient (Wildman–Crippen LogP) is 5.60. The number of furan rings is 1. The molecule has 0 aliphatic rings. The lowest BCUT2D eigenvalue weighted by atomic mass is 9.84. The van der Waals surface area contributed by atoms with Gasteiger partial charge in [0.05, 0.1) is 21.7 Å². The SMILES string of the molecule is Cc1cc(NC(=O)c2ccco2)sc1C(=O)NC(C)(c1ccccc1)c1ccccc1. The maximum absolute atomic E-state index is 13.3. The van der Waals surface area contributed by atoms with Crippen LogP contribution < -0.4 is 10.6 Å². The second-order valence-electron chi connectivity index (χ2n) is 7.37. The molecule has 0 fully saturated rings. The highest BCUT2D eigenvalue weighted by molar-refractivity contribution is 7.18. The molecule has 4 aromatic rings. The molecule has 2 aromatic heterocycles. The van der Waals surface area contributed by atoms with Gasteiger partial charge in [-0.1, -0.05) is 60.7 Å². The highest BCUT2D eigenvalue weighted by Crippen LogP contribution is 2.32. The first-order chi connectivity index (χ1) is 15.0. The first-order valence-electron chi connectivity index (χ1n) is 9.86. The Kier molecular flexibility index (Phi) is 5.73. The molecule has 0 aliphatic carbocycles. The number of carbonyl (C=O) groups excluding carboxylic acids is 2. The summed E-state index contributed by atoms with van der Waals surface area (Å²) < 4.78 is 5.13. The fraction of sp³-hybridized carbons (Fsp3) is 0.120. The number of aryl methyl sites for hydroxylation is 1. The zero-order valence-corrected chi connectivity index (χ0v) is 18.0. The van der Waals surface area contributed by atoms with Crippen LogP contribution in [-0.2, 0) is 5.54 Å². The average molecular weight is 431 g/mol. The minimum atomic E-state index is -0.715. The second kappa shape index (κ2) is 8.62.